The van der Waals surface area contributed by atoms with Crippen molar-refractivity contribution >= 4 is 39.1 Å². The third-order valence-corrected chi connectivity index (χ3v) is 13.0. The Bertz CT molecular complexity index is 1600. The largest absolute Gasteiger partial charge is 0.487 e. The third-order valence-electron chi connectivity index (χ3n) is 10.9. The summed E-state index contributed by atoms with van der Waals surface area (Å²) in [7, 11) is -4.01. The summed E-state index contributed by atoms with van der Waals surface area (Å²) < 4.78 is 41.5. The van der Waals surface area contributed by atoms with Gasteiger partial charge >= 0.3 is 0 Å². The van der Waals surface area contributed by atoms with E-state index in [1.807, 2.05) is 25.1 Å². The number of carbonyl (C=O) groups is 2. The molecule has 3 heterocycles. The first-order valence-electron chi connectivity index (χ1n) is 16.9. The number of amides is 2. The molecule has 2 bridgehead atoms. The van der Waals surface area contributed by atoms with E-state index < -0.39 is 32.9 Å². The Morgan fingerprint density at radius 3 is 2.62 bits per heavy atom. The van der Waals surface area contributed by atoms with Crippen LogP contribution in [0.2, 0.25) is 5.02 Å². The van der Waals surface area contributed by atoms with Gasteiger partial charge in [-0.05, 0) is 111 Å². The van der Waals surface area contributed by atoms with Crippen molar-refractivity contribution in [3.8, 4) is 5.75 Å². The van der Waals surface area contributed by atoms with Crippen LogP contribution in [0.3, 0.4) is 0 Å². The van der Waals surface area contributed by atoms with E-state index in [0.717, 1.165) is 43.2 Å². The predicted molar refractivity (Wildman–Crippen MR) is 180 cm³/mol. The summed E-state index contributed by atoms with van der Waals surface area (Å²) in [4.78, 5) is 28.8. The minimum Gasteiger partial charge on any atom is -0.487 e. The Labute approximate surface area is 282 Å². The molecular formula is C35H46ClN3O7S. The molecule has 1 saturated heterocycles. The van der Waals surface area contributed by atoms with Gasteiger partial charge in [0, 0.05) is 30.2 Å². The Morgan fingerprint density at radius 1 is 1.02 bits per heavy atom. The van der Waals surface area contributed by atoms with Crippen molar-refractivity contribution in [2.75, 3.05) is 31.1 Å². The zero-order chi connectivity index (χ0) is 33.3. The highest BCUT2D eigenvalue weighted by Crippen LogP contribution is 2.48. The Balaban J connectivity index is 1.40. The van der Waals surface area contributed by atoms with Crippen molar-refractivity contribution in [3.63, 3.8) is 0 Å². The van der Waals surface area contributed by atoms with E-state index in [2.05, 4.69) is 14.9 Å². The molecule has 3 N–H and O–H groups in total. The minimum absolute atomic E-state index is 0.0643. The highest BCUT2D eigenvalue weighted by Gasteiger charge is 2.54. The van der Waals surface area contributed by atoms with Gasteiger partial charge in [-0.3, -0.25) is 9.59 Å². The number of morpholine rings is 1. The topological polar surface area (TPSA) is 134 Å². The fourth-order valence-electron chi connectivity index (χ4n) is 7.74. The number of rotatable bonds is 1. The SMILES string of the molecule is C[C@@H]1[C@@H](C)CCC[C@](O)([C@H]2OCCNC2=O)[C@@H]2CC[C@H]2CN2CCCCc3cc(Cl)ccc3COc3ccc(cc32)C(=O)NS1(=O)=O. The number of sulfonamides is 1. The maximum atomic E-state index is 13.5. The van der Waals surface area contributed by atoms with E-state index in [9.17, 15) is 23.1 Å². The Hall–Kier alpha value is -2.86. The van der Waals surface area contributed by atoms with E-state index in [0.29, 0.717) is 68.6 Å². The van der Waals surface area contributed by atoms with Gasteiger partial charge in [-0.2, -0.15) is 0 Å². The second-order valence-electron chi connectivity index (χ2n) is 13.8. The van der Waals surface area contributed by atoms with E-state index in [1.54, 1.807) is 25.1 Å². The number of nitrogens with zero attached hydrogens (tertiary/aromatic N) is 1. The van der Waals surface area contributed by atoms with E-state index in [1.165, 1.54) is 0 Å². The van der Waals surface area contributed by atoms with Crippen molar-refractivity contribution in [1.82, 2.24) is 10.0 Å². The summed E-state index contributed by atoms with van der Waals surface area (Å²) in [5, 5.41) is 15.1. The second-order valence-corrected chi connectivity index (χ2v) is 16.3. The summed E-state index contributed by atoms with van der Waals surface area (Å²) >= 11 is 6.34. The first kappa shape index (κ1) is 34.0. The molecule has 4 aliphatic rings. The molecule has 12 heteroatoms. The number of aliphatic hydroxyl groups is 1. The van der Waals surface area contributed by atoms with Crippen molar-refractivity contribution in [3.05, 3.63) is 58.1 Å². The molecule has 1 saturated carbocycles. The van der Waals surface area contributed by atoms with Gasteiger partial charge < -0.3 is 24.8 Å². The number of hydrogen-bond donors (Lipinski definition) is 3. The number of benzene rings is 2. The Kier molecular flexibility index (Phi) is 10.1. The molecule has 0 spiro atoms. The van der Waals surface area contributed by atoms with Gasteiger partial charge in [0.15, 0.2) is 6.10 Å². The lowest BCUT2D eigenvalue weighted by Crippen LogP contribution is -2.63. The predicted octanol–water partition coefficient (Wildman–Crippen LogP) is 4.60. The molecule has 1 aliphatic carbocycles. The minimum atomic E-state index is -4.01. The molecule has 10 nitrogen and oxygen atoms in total. The van der Waals surface area contributed by atoms with Gasteiger partial charge in [-0.15, -0.1) is 0 Å². The average molecular weight is 688 g/mol. The second kappa shape index (κ2) is 13.9. The smallest absolute Gasteiger partial charge is 0.264 e. The van der Waals surface area contributed by atoms with Gasteiger partial charge in [0.1, 0.15) is 18.0 Å². The summed E-state index contributed by atoms with van der Waals surface area (Å²) in [5.41, 5.74) is 1.69. The van der Waals surface area contributed by atoms with Crippen LogP contribution in [0, 0.1) is 17.8 Å². The van der Waals surface area contributed by atoms with E-state index in [-0.39, 0.29) is 29.2 Å². The molecule has 2 fully saturated rings. The maximum absolute atomic E-state index is 13.5. The van der Waals surface area contributed by atoms with Gasteiger partial charge in [0.2, 0.25) is 10.0 Å². The number of fused-ring (bicyclic) bond motifs is 3. The lowest BCUT2D eigenvalue weighted by atomic mass is 9.61. The number of nitrogens with one attached hydrogen (secondary N) is 2. The van der Waals surface area contributed by atoms with Crippen LogP contribution in [-0.2, 0) is 32.6 Å². The van der Waals surface area contributed by atoms with Gasteiger partial charge in [0.25, 0.3) is 11.8 Å². The molecule has 0 unspecified atom stereocenters. The van der Waals surface area contributed by atoms with Crippen molar-refractivity contribution < 1.29 is 32.6 Å². The summed E-state index contributed by atoms with van der Waals surface area (Å²) in [5.74, 6) is -0.829. The highest BCUT2D eigenvalue weighted by atomic mass is 35.5. The molecular weight excluding hydrogens is 642 g/mol. The monoisotopic (exact) mass is 687 g/mol. The van der Waals surface area contributed by atoms with Crippen LogP contribution < -0.4 is 19.7 Å². The lowest BCUT2D eigenvalue weighted by Gasteiger charge is -2.52. The summed E-state index contributed by atoms with van der Waals surface area (Å²) in [6, 6.07) is 10.9. The van der Waals surface area contributed by atoms with E-state index in [4.69, 9.17) is 21.1 Å². The maximum Gasteiger partial charge on any atom is 0.264 e. The first-order valence-corrected chi connectivity index (χ1v) is 18.9. The molecule has 47 heavy (non-hydrogen) atoms. The van der Waals surface area contributed by atoms with Crippen LogP contribution in [0.4, 0.5) is 5.69 Å². The zero-order valence-corrected chi connectivity index (χ0v) is 28.7. The molecule has 0 aromatic heterocycles. The van der Waals surface area contributed by atoms with Crippen LogP contribution in [0.1, 0.15) is 80.3 Å². The average Bonchev–Trinajstić information content (AvgIpc) is 3.05. The van der Waals surface area contributed by atoms with Crippen molar-refractivity contribution in [2.24, 2.45) is 17.8 Å². The number of hydrogen-bond acceptors (Lipinski definition) is 8. The van der Waals surface area contributed by atoms with Gasteiger partial charge in [0.05, 0.1) is 17.5 Å². The normalized spacial score (nSPS) is 31.8. The van der Waals surface area contributed by atoms with Crippen LogP contribution in [0.5, 0.6) is 5.75 Å². The Morgan fingerprint density at radius 2 is 1.85 bits per heavy atom. The molecule has 3 aliphatic heterocycles. The molecule has 2 aromatic rings. The van der Waals surface area contributed by atoms with Gasteiger partial charge in [-0.25, -0.2) is 13.1 Å². The fraction of sp³-hybridized carbons (Fsp3) is 0.600. The number of halogens is 1. The summed E-state index contributed by atoms with van der Waals surface area (Å²) in [6.45, 7) is 5.72. The highest BCUT2D eigenvalue weighted by molar-refractivity contribution is 7.90. The zero-order valence-electron chi connectivity index (χ0n) is 27.2. The quantitative estimate of drug-likeness (QED) is 0.396. The van der Waals surface area contributed by atoms with Crippen molar-refractivity contribution in [1.29, 1.82) is 0 Å². The molecule has 2 aromatic carbocycles. The molecule has 6 atom stereocenters. The lowest BCUT2D eigenvalue weighted by molar-refractivity contribution is -0.191. The number of carbonyl (C=O) groups excluding carboxylic acids is 2. The van der Waals surface area contributed by atoms with Crippen LogP contribution in [0.15, 0.2) is 36.4 Å². The number of ether oxygens (including phenoxy) is 2. The van der Waals surface area contributed by atoms with Crippen molar-refractivity contribution in [2.45, 2.75) is 88.8 Å². The standard InChI is InChI=1S/C35H46ClN3O7S/c1-22-6-5-14-35(42,32-34(41)37-15-17-45-32)29-12-9-26(29)20-39-16-4-3-7-24-18-28(36)11-8-27(24)21-46-31-13-10-25(19-30(31)39)33(40)38-47(43,44)23(22)2/h8,10-11,13,18-19,22-23,26,29,32,42H,3-7,9,12,14-17,20-21H2,1-2H3,(H,37,41)(H,38,40)/t22-,23+,26-,29+,32-,35+/m0/s1. The third kappa shape index (κ3) is 7.14. The number of anilines is 1. The molecule has 0 radical (unpaired) electrons. The fourth-order valence-corrected chi connectivity index (χ4v) is 9.24. The van der Waals surface area contributed by atoms with Crippen LogP contribution in [0.25, 0.3) is 0 Å². The molecule has 6 rings (SSSR count). The molecule has 2 amide bonds. The summed E-state index contributed by atoms with van der Waals surface area (Å²) in [6.07, 6.45) is 4.55. The number of aryl methyl sites for hydroxylation is 1. The van der Waals surface area contributed by atoms with Crippen LogP contribution >= 0.6 is 11.6 Å². The molecule has 256 valence electrons. The first-order chi connectivity index (χ1) is 22.5. The van der Waals surface area contributed by atoms with E-state index >= 15 is 0 Å². The van der Waals surface area contributed by atoms with Gasteiger partial charge in [-0.1, -0.05) is 31.0 Å². The van der Waals surface area contributed by atoms with Crippen LogP contribution in [-0.4, -0.2) is 68.5 Å².